The maximum absolute atomic E-state index is 12.1. The maximum Gasteiger partial charge on any atom is 0.409 e. The number of piperazine rings is 1. The summed E-state index contributed by atoms with van der Waals surface area (Å²) in [5, 5.41) is 0. The van der Waals surface area contributed by atoms with Crippen molar-refractivity contribution in [1.82, 2.24) is 14.5 Å². The van der Waals surface area contributed by atoms with Crippen LogP contribution in [0.2, 0.25) is 0 Å². The maximum atomic E-state index is 12.1. The Bertz CT molecular complexity index is 776. The van der Waals surface area contributed by atoms with Crippen LogP contribution >= 0.6 is 0 Å². The Balaban J connectivity index is 1.73. The Labute approximate surface area is 147 Å². The lowest BCUT2D eigenvalue weighted by Crippen LogP contribution is -2.49. The molecule has 3 rings (SSSR count). The summed E-state index contributed by atoms with van der Waals surface area (Å²) in [6.07, 6.45) is 0.530. The van der Waals surface area contributed by atoms with E-state index in [-0.39, 0.29) is 6.09 Å². The second kappa shape index (κ2) is 7.13. The predicted molar refractivity (Wildman–Crippen MR) is 96.1 cm³/mol. The molecule has 0 unspecified atom stereocenters. The lowest BCUT2D eigenvalue weighted by atomic mass is 10.2. The number of rotatable bonds is 4. The predicted octanol–water partition coefficient (Wildman–Crippen LogP) is 2.30. The van der Waals surface area contributed by atoms with Crippen LogP contribution in [0, 0.1) is 5.92 Å². The number of imidazole rings is 1. The van der Waals surface area contributed by atoms with E-state index in [0.29, 0.717) is 31.4 Å². The van der Waals surface area contributed by atoms with E-state index in [2.05, 4.69) is 9.88 Å². The number of fused-ring (bicyclic) bond motifs is 1. The van der Waals surface area contributed by atoms with Crippen LogP contribution in [0.3, 0.4) is 0 Å². The van der Waals surface area contributed by atoms with E-state index in [9.17, 15) is 9.59 Å². The molecule has 0 saturated carbocycles. The summed E-state index contributed by atoms with van der Waals surface area (Å²) in [6, 6.07) is 5.89. The molecule has 0 spiro atoms. The first-order chi connectivity index (χ1) is 12.0. The van der Waals surface area contributed by atoms with Gasteiger partial charge in [-0.15, -0.1) is 0 Å². The minimum absolute atomic E-state index is 0.240. The fraction of sp³-hybridized carbons (Fsp3) is 0.500. The lowest BCUT2D eigenvalue weighted by Gasteiger charge is -2.35. The van der Waals surface area contributed by atoms with Crippen LogP contribution in [0.15, 0.2) is 18.2 Å². The Morgan fingerprint density at radius 3 is 2.64 bits per heavy atom. The van der Waals surface area contributed by atoms with Gasteiger partial charge in [0.1, 0.15) is 0 Å². The number of hydrogen-bond acceptors (Lipinski definition) is 5. The van der Waals surface area contributed by atoms with Crippen LogP contribution in [0.1, 0.15) is 24.5 Å². The molecule has 1 aliphatic rings. The first-order valence-electron chi connectivity index (χ1n) is 8.58. The number of para-hydroxylation sites is 1. The number of anilines is 1. The van der Waals surface area contributed by atoms with Crippen molar-refractivity contribution in [2.45, 2.75) is 13.8 Å². The number of benzene rings is 1. The van der Waals surface area contributed by atoms with Gasteiger partial charge in [0, 0.05) is 33.2 Å². The molecule has 1 aromatic carbocycles. The highest BCUT2D eigenvalue weighted by Gasteiger charge is 2.24. The van der Waals surface area contributed by atoms with Gasteiger partial charge >= 0.3 is 6.09 Å². The number of ether oxygens (including phenoxy) is 1. The summed E-state index contributed by atoms with van der Waals surface area (Å²) >= 11 is 0. The Kier molecular flexibility index (Phi) is 4.92. The minimum atomic E-state index is -0.240. The molecule has 0 N–H and O–H groups in total. The Morgan fingerprint density at radius 1 is 1.28 bits per heavy atom. The van der Waals surface area contributed by atoms with E-state index in [4.69, 9.17) is 4.74 Å². The lowest BCUT2D eigenvalue weighted by molar-refractivity contribution is 0.0901. The van der Waals surface area contributed by atoms with Gasteiger partial charge in [-0.3, -0.25) is 4.79 Å². The molecule has 1 amide bonds. The molecule has 2 aromatic rings. The van der Waals surface area contributed by atoms with Gasteiger partial charge in [-0.2, -0.15) is 0 Å². The smallest absolute Gasteiger partial charge is 0.409 e. The van der Waals surface area contributed by atoms with Gasteiger partial charge in [0.25, 0.3) is 0 Å². The summed E-state index contributed by atoms with van der Waals surface area (Å²) < 4.78 is 7.13. The summed E-state index contributed by atoms with van der Waals surface area (Å²) in [4.78, 5) is 31.6. The van der Waals surface area contributed by atoms with Crippen molar-refractivity contribution in [2.24, 2.45) is 13.0 Å². The summed E-state index contributed by atoms with van der Waals surface area (Å²) in [5.74, 6) is 0.748. The number of aldehydes is 1. The Morgan fingerprint density at radius 2 is 2.00 bits per heavy atom. The average molecular weight is 344 g/mol. The molecule has 134 valence electrons. The van der Waals surface area contributed by atoms with Gasteiger partial charge < -0.3 is 19.1 Å². The molecule has 7 heteroatoms. The fourth-order valence-electron chi connectivity index (χ4n) is 3.09. The number of hydrogen-bond donors (Lipinski definition) is 0. The molecule has 0 aliphatic carbocycles. The molecule has 1 aliphatic heterocycles. The first kappa shape index (κ1) is 17.3. The number of carbonyl (C=O) groups is 2. The number of aryl methyl sites for hydroxylation is 1. The van der Waals surface area contributed by atoms with Crippen LogP contribution in [-0.2, 0) is 11.8 Å². The molecule has 0 bridgehead atoms. The molecule has 0 radical (unpaired) electrons. The van der Waals surface area contributed by atoms with Crippen LogP contribution < -0.4 is 4.90 Å². The van der Waals surface area contributed by atoms with Crippen molar-refractivity contribution in [1.29, 1.82) is 0 Å². The van der Waals surface area contributed by atoms with Crippen molar-refractivity contribution in [3.8, 4) is 0 Å². The number of nitrogens with zero attached hydrogens (tertiary/aromatic N) is 4. The third-order valence-electron chi connectivity index (χ3n) is 4.43. The zero-order valence-corrected chi connectivity index (χ0v) is 14.9. The molecule has 7 nitrogen and oxygen atoms in total. The van der Waals surface area contributed by atoms with Gasteiger partial charge in [0.2, 0.25) is 0 Å². The number of amides is 1. The van der Waals surface area contributed by atoms with Gasteiger partial charge in [-0.25, -0.2) is 9.78 Å². The third-order valence-corrected chi connectivity index (χ3v) is 4.43. The first-order valence-corrected chi connectivity index (χ1v) is 8.58. The van der Waals surface area contributed by atoms with E-state index in [0.717, 1.165) is 36.1 Å². The van der Waals surface area contributed by atoms with Crippen molar-refractivity contribution >= 4 is 29.1 Å². The highest BCUT2D eigenvalue weighted by Crippen LogP contribution is 2.27. The third kappa shape index (κ3) is 3.45. The fourth-order valence-corrected chi connectivity index (χ4v) is 3.09. The zero-order valence-electron chi connectivity index (χ0n) is 14.9. The van der Waals surface area contributed by atoms with Gasteiger partial charge in [0.15, 0.2) is 12.1 Å². The summed E-state index contributed by atoms with van der Waals surface area (Å²) in [5.41, 5.74) is 2.79. The highest BCUT2D eigenvalue weighted by molar-refractivity contribution is 5.92. The van der Waals surface area contributed by atoms with Crippen molar-refractivity contribution in [2.75, 3.05) is 37.7 Å². The quantitative estimate of drug-likeness (QED) is 0.796. The van der Waals surface area contributed by atoms with E-state index in [1.54, 1.807) is 4.90 Å². The molecular formula is C18H24N4O3. The largest absolute Gasteiger partial charge is 0.449 e. The van der Waals surface area contributed by atoms with Crippen molar-refractivity contribution in [3.63, 3.8) is 0 Å². The van der Waals surface area contributed by atoms with E-state index < -0.39 is 0 Å². The van der Waals surface area contributed by atoms with Crippen LogP contribution in [0.25, 0.3) is 11.0 Å². The van der Waals surface area contributed by atoms with Crippen LogP contribution in [0.5, 0.6) is 0 Å². The summed E-state index contributed by atoms with van der Waals surface area (Å²) in [6.45, 7) is 7.16. The topological polar surface area (TPSA) is 67.7 Å². The van der Waals surface area contributed by atoms with Gasteiger partial charge in [-0.05, 0) is 18.1 Å². The SMILES string of the molecule is CC(C)COC(=O)N1CCN(c2cccc3nc(C=O)n(C)c23)CC1. The van der Waals surface area contributed by atoms with Gasteiger partial charge in [0.05, 0.1) is 23.3 Å². The second-order valence-corrected chi connectivity index (χ2v) is 6.74. The van der Waals surface area contributed by atoms with E-state index in [1.807, 2.05) is 43.7 Å². The highest BCUT2D eigenvalue weighted by atomic mass is 16.6. The van der Waals surface area contributed by atoms with E-state index >= 15 is 0 Å². The van der Waals surface area contributed by atoms with E-state index in [1.165, 1.54) is 0 Å². The monoisotopic (exact) mass is 344 g/mol. The van der Waals surface area contributed by atoms with Gasteiger partial charge in [-0.1, -0.05) is 19.9 Å². The number of carbonyl (C=O) groups excluding carboxylic acids is 2. The second-order valence-electron chi connectivity index (χ2n) is 6.74. The molecule has 0 atom stereocenters. The molecule has 1 saturated heterocycles. The minimum Gasteiger partial charge on any atom is -0.449 e. The normalized spacial score (nSPS) is 15.0. The number of aromatic nitrogens is 2. The van der Waals surface area contributed by atoms with Crippen LogP contribution in [0.4, 0.5) is 10.5 Å². The molecule has 1 aromatic heterocycles. The van der Waals surface area contributed by atoms with Crippen molar-refractivity contribution in [3.05, 3.63) is 24.0 Å². The standard InChI is InChI=1S/C18H24N4O3/c1-13(2)12-25-18(24)22-9-7-21(8-10-22)15-6-4-5-14-17(15)20(3)16(11-23)19-14/h4-6,11,13H,7-10,12H2,1-3H3. The summed E-state index contributed by atoms with van der Waals surface area (Å²) in [7, 11) is 1.85. The zero-order chi connectivity index (χ0) is 18.0. The Hall–Kier alpha value is -2.57. The van der Waals surface area contributed by atoms with Crippen molar-refractivity contribution < 1.29 is 14.3 Å². The molecule has 25 heavy (non-hydrogen) atoms. The molecule has 1 fully saturated rings. The molecule has 2 heterocycles. The van der Waals surface area contributed by atoms with Crippen LogP contribution in [-0.4, -0.2) is 59.6 Å². The average Bonchev–Trinajstić information content (AvgIpc) is 2.96. The molecular weight excluding hydrogens is 320 g/mol.